The molecule has 3 saturated heterocycles. The molecule has 1 N–H and O–H groups in total. The number of aromatic nitrogens is 2. The number of piperazine rings is 1. The molecular formula is C26H36F3N7O5S2. The van der Waals surface area contributed by atoms with Crippen molar-refractivity contribution < 1.29 is 34.8 Å². The zero-order valence-electron chi connectivity index (χ0n) is 24.0. The van der Waals surface area contributed by atoms with Gasteiger partial charge in [-0.2, -0.15) is 17.9 Å². The normalized spacial score (nSPS) is 20.6. The Kier molecular flexibility index (Phi) is 8.47. The number of piperidine rings is 1. The third-order valence-electron chi connectivity index (χ3n) is 8.56. The maximum atomic E-state index is 13.7. The summed E-state index contributed by atoms with van der Waals surface area (Å²) < 4.78 is 92.8. The number of anilines is 2. The molecule has 0 unspecified atom stereocenters. The van der Waals surface area contributed by atoms with Gasteiger partial charge in [0.15, 0.2) is 5.82 Å². The molecule has 0 aliphatic carbocycles. The lowest BCUT2D eigenvalue weighted by Crippen LogP contribution is -2.49. The Morgan fingerprint density at radius 1 is 0.953 bits per heavy atom. The Labute approximate surface area is 249 Å². The summed E-state index contributed by atoms with van der Waals surface area (Å²) in [7, 11) is -6.82. The molecule has 17 heteroatoms. The molecule has 238 valence electrons. The van der Waals surface area contributed by atoms with E-state index in [0.29, 0.717) is 77.4 Å². The number of nitrogens with zero attached hydrogens (tertiary/aromatic N) is 6. The van der Waals surface area contributed by atoms with Gasteiger partial charge in [-0.1, -0.05) is 6.07 Å². The van der Waals surface area contributed by atoms with Crippen LogP contribution in [0, 0.1) is 5.41 Å². The number of rotatable bonds is 6. The average Bonchev–Trinajstić information content (AvgIpc) is 3.55. The Morgan fingerprint density at radius 2 is 1.60 bits per heavy atom. The third kappa shape index (κ3) is 7.44. The SMILES string of the molecule is CS(=O)(=O)Nc1ccn(C(=O)N2CCN(Cc3ccc(C(F)(F)F)cc3N3CCC4(CC3)CCN(S(C)(=O)=O)C4)CC2)n1. The van der Waals surface area contributed by atoms with Crippen LogP contribution in [0.25, 0.3) is 0 Å². The van der Waals surface area contributed by atoms with Crippen molar-refractivity contribution in [3.8, 4) is 0 Å². The number of nitrogens with one attached hydrogen (secondary N) is 1. The quantitative estimate of drug-likeness (QED) is 0.506. The summed E-state index contributed by atoms with van der Waals surface area (Å²) in [6.07, 6.45) is 1.24. The van der Waals surface area contributed by atoms with Gasteiger partial charge >= 0.3 is 12.2 Å². The summed E-state index contributed by atoms with van der Waals surface area (Å²) in [4.78, 5) is 18.6. The maximum Gasteiger partial charge on any atom is 0.416 e. The molecule has 0 atom stereocenters. The van der Waals surface area contributed by atoms with Gasteiger partial charge in [0.1, 0.15) is 0 Å². The van der Waals surface area contributed by atoms with E-state index in [2.05, 4.69) is 14.7 Å². The predicted octanol–water partition coefficient (Wildman–Crippen LogP) is 2.31. The van der Waals surface area contributed by atoms with Crippen molar-refractivity contribution in [2.45, 2.75) is 32.0 Å². The van der Waals surface area contributed by atoms with E-state index in [1.807, 2.05) is 4.90 Å². The van der Waals surface area contributed by atoms with Gasteiger partial charge in [0.25, 0.3) is 0 Å². The van der Waals surface area contributed by atoms with Gasteiger partial charge in [-0.15, -0.1) is 5.10 Å². The number of carbonyl (C=O) groups is 1. The van der Waals surface area contributed by atoms with Crippen LogP contribution in [0.4, 0.5) is 29.5 Å². The Morgan fingerprint density at radius 3 is 2.19 bits per heavy atom. The summed E-state index contributed by atoms with van der Waals surface area (Å²) in [5, 5.41) is 3.98. The first-order valence-electron chi connectivity index (χ1n) is 14.0. The second-order valence-electron chi connectivity index (χ2n) is 11.7. The van der Waals surface area contributed by atoms with Crippen molar-refractivity contribution in [3.05, 3.63) is 41.6 Å². The molecule has 1 aromatic heterocycles. The van der Waals surface area contributed by atoms with Gasteiger partial charge in [0.05, 0.1) is 18.1 Å². The fraction of sp³-hybridized carbons (Fsp3) is 0.615. The number of carbonyl (C=O) groups excluding carboxylic acids is 1. The number of sulfonamides is 2. The molecule has 0 bridgehead atoms. The summed E-state index contributed by atoms with van der Waals surface area (Å²) in [6, 6.07) is 4.83. The second kappa shape index (κ2) is 11.6. The van der Waals surface area contributed by atoms with Gasteiger partial charge in [0, 0.05) is 76.9 Å². The van der Waals surface area contributed by atoms with Gasteiger partial charge in [-0.05, 0) is 42.4 Å². The van der Waals surface area contributed by atoms with Crippen molar-refractivity contribution >= 4 is 37.6 Å². The molecule has 5 rings (SSSR count). The number of amides is 1. The van der Waals surface area contributed by atoms with Crippen molar-refractivity contribution in [1.82, 2.24) is 23.9 Å². The van der Waals surface area contributed by atoms with Gasteiger partial charge < -0.3 is 9.80 Å². The largest absolute Gasteiger partial charge is 0.416 e. The van der Waals surface area contributed by atoms with Gasteiger partial charge in [-0.25, -0.2) is 25.9 Å². The van der Waals surface area contributed by atoms with E-state index in [-0.39, 0.29) is 11.2 Å². The molecule has 0 radical (unpaired) electrons. The highest BCUT2D eigenvalue weighted by Gasteiger charge is 2.43. The van der Waals surface area contributed by atoms with E-state index in [1.165, 1.54) is 35.0 Å². The minimum absolute atomic E-state index is 0.0357. The molecule has 2 aromatic rings. The molecule has 3 fully saturated rings. The van der Waals surface area contributed by atoms with Crippen LogP contribution < -0.4 is 9.62 Å². The smallest absolute Gasteiger partial charge is 0.371 e. The van der Waals surface area contributed by atoms with Crippen LogP contribution in [0.3, 0.4) is 0 Å². The Hall–Kier alpha value is -2.89. The van der Waals surface area contributed by atoms with Crippen LogP contribution in [0.15, 0.2) is 30.5 Å². The standard InChI is InChI=1S/C26H36F3N7O5S2/c1-42(38,39)31-23-5-9-36(30-23)24(37)34-15-13-32(14-16-34)18-20-3-4-21(26(27,28)29)17-22(20)33-10-6-25(7-11-33)8-12-35(19-25)43(2,40)41/h3-5,9,17H,6-8,10-16,18-19H2,1-2H3,(H,30,31). The summed E-state index contributed by atoms with van der Waals surface area (Å²) in [5.74, 6) is 0.0357. The van der Waals surface area contributed by atoms with E-state index in [1.54, 1.807) is 4.90 Å². The summed E-state index contributed by atoms with van der Waals surface area (Å²) >= 11 is 0. The monoisotopic (exact) mass is 647 g/mol. The van der Waals surface area contributed by atoms with E-state index in [9.17, 15) is 34.8 Å². The van der Waals surface area contributed by atoms with Gasteiger partial charge in [-0.3, -0.25) is 9.62 Å². The summed E-state index contributed by atoms with van der Waals surface area (Å²) in [6.45, 7) is 4.12. The number of hydrogen-bond acceptors (Lipinski definition) is 8. The van der Waals surface area contributed by atoms with E-state index < -0.39 is 37.8 Å². The zero-order valence-corrected chi connectivity index (χ0v) is 25.7. The Balaban J connectivity index is 1.24. The second-order valence-corrected chi connectivity index (χ2v) is 15.5. The maximum absolute atomic E-state index is 13.7. The zero-order chi connectivity index (χ0) is 31.2. The van der Waals surface area contributed by atoms with Crippen LogP contribution in [0.1, 0.15) is 30.4 Å². The van der Waals surface area contributed by atoms with E-state index in [0.717, 1.165) is 29.0 Å². The van der Waals surface area contributed by atoms with Crippen molar-refractivity contribution in [1.29, 1.82) is 0 Å². The van der Waals surface area contributed by atoms with Crippen LogP contribution >= 0.6 is 0 Å². The van der Waals surface area contributed by atoms with Crippen LogP contribution in [0.5, 0.6) is 0 Å². The fourth-order valence-corrected chi connectivity index (χ4v) is 7.55. The molecule has 12 nitrogen and oxygen atoms in total. The third-order valence-corrected chi connectivity index (χ3v) is 10.4. The molecule has 3 aliphatic rings. The lowest BCUT2D eigenvalue weighted by Gasteiger charge is -2.41. The van der Waals surface area contributed by atoms with Crippen molar-refractivity contribution in [3.63, 3.8) is 0 Å². The van der Waals surface area contributed by atoms with Crippen LogP contribution in [-0.2, 0) is 32.8 Å². The average molecular weight is 648 g/mol. The number of halogens is 3. The van der Waals surface area contributed by atoms with E-state index in [4.69, 9.17) is 0 Å². The first-order valence-corrected chi connectivity index (χ1v) is 17.7. The molecule has 1 amide bonds. The minimum atomic E-state index is -4.49. The first-order chi connectivity index (χ1) is 20.0. The Bertz CT molecular complexity index is 1560. The van der Waals surface area contributed by atoms with Gasteiger partial charge in [0.2, 0.25) is 20.0 Å². The highest BCUT2D eigenvalue weighted by molar-refractivity contribution is 7.92. The molecule has 1 spiro atoms. The fourth-order valence-electron chi connectivity index (χ4n) is 6.13. The lowest BCUT2D eigenvalue weighted by molar-refractivity contribution is -0.137. The molecule has 43 heavy (non-hydrogen) atoms. The highest BCUT2D eigenvalue weighted by atomic mass is 32.2. The van der Waals surface area contributed by atoms with Crippen LogP contribution in [-0.4, -0.2) is 112 Å². The number of benzene rings is 1. The summed E-state index contributed by atoms with van der Waals surface area (Å²) in [5.41, 5.74) is 0.426. The minimum Gasteiger partial charge on any atom is -0.371 e. The van der Waals surface area contributed by atoms with Crippen molar-refractivity contribution in [2.75, 3.05) is 74.5 Å². The molecule has 3 aliphatic heterocycles. The first kappa shape index (κ1) is 31.5. The molecule has 0 saturated carbocycles. The number of alkyl halides is 3. The number of hydrogen-bond donors (Lipinski definition) is 1. The van der Waals surface area contributed by atoms with E-state index >= 15 is 0 Å². The topological polar surface area (TPSA) is 128 Å². The lowest BCUT2D eigenvalue weighted by atomic mass is 9.77. The molecule has 1 aromatic carbocycles. The highest BCUT2D eigenvalue weighted by Crippen LogP contribution is 2.43. The predicted molar refractivity (Wildman–Crippen MR) is 155 cm³/mol. The van der Waals surface area contributed by atoms with Crippen molar-refractivity contribution in [2.24, 2.45) is 5.41 Å². The van der Waals surface area contributed by atoms with Crippen LogP contribution in [0.2, 0.25) is 0 Å². The molecular weight excluding hydrogens is 611 g/mol. The molecule has 4 heterocycles.